The zero-order valence-corrected chi connectivity index (χ0v) is 17.2. The third-order valence-corrected chi connectivity index (χ3v) is 4.59. The van der Waals surface area contributed by atoms with Crippen LogP contribution in [0.4, 0.5) is 0 Å². The van der Waals surface area contributed by atoms with Crippen molar-refractivity contribution in [3.63, 3.8) is 0 Å². The quantitative estimate of drug-likeness (QED) is 0.465. The van der Waals surface area contributed by atoms with Gasteiger partial charge in [-0.3, -0.25) is 9.59 Å². The number of aromatic nitrogens is 1. The van der Waals surface area contributed by atoms with Crippen molar-refractivity contribution < 1.29 is 14.3 Å². The Kier molecular flexibility index (Phi) is 6.87. The minimum absolute atomic E-state index is 0.00897. The van der Waals surface area contributed by atoms with Gasteiger partial charge in [-0.05, 0) is 42.0 Å². The number of nitrogens with one attached hydrogen (secondary N) is 1. The van der Waals surface area contributed by atoms with Crippen molar-refractivity contribution in [2.24, 2.45) is 5.10 Å². The minimum atomic E-state index is -0.603. The zero-order chi connectivity index (χ0) is 21.5. The van der Waals surface area contributed by atoms with Crippen LogP contribution in [-0.4, -0.2) is 30.9 Å². The van der Waals surface area contributed by atoms with Crippen LogP contribution in [0.5, 0.6) is 11.5 Å². The Balaban J connectivity index is 1.74. The molecular weight excluding hydrogens is 406 g/mol. The van der Waals surface area contributed by atoms with Gasteiger partial charge in [0.2, 0.25) is 0 Å². The Morgan fingerprint density at radius 2 is 1.90 bits per heavy atom. The normalized spacial score (nSPS) is 10.8. The topological polar surface area (TPSA) is 81.9 Å². The number of halogens is 1. The van der Waals surface area contributed by atoms with Gasteiger partial charge < -0.3 is 14.0 Å². The maximum atomic E-state index is 12.7. The lowest BCUT2D eigenvalue weighted by Gasteiger charge is -2.08. The summed E-state index contributed by atoms with van der Waals surface area (Å²) >= 11 is 5.89. The number of methoxy groups -OCH3 is 2. The van der Waals surface area contributed by atoms with Gasteiger partial charge in [0.15, 0.2) is 0 Å². The lowest BCUT2D eigenvalue weighted by atomic mass is 10.2. The molecule has 0 saturated carbocycles. The summed E-state index contributed by atoms with van der Waals surface area (Å²) < 4.78 is 11.9. The molecule has 0 spiro atoms. The van der Waals surface area contributed by atoms with Gasteiger partial charge in [-0.25, -0.2) is 5.43 Å². The highest BCUT2D eigenvalue weighted by molar-refractivity contribution is 6.30. The summed E-state index contributed by atoms with van der Waals surface area (Å²) in [5, 5.41) is 4.55. The smallest absolute Gasteiger partial charge is 0.276 e. The maximum absolute atomic E-state index is 12.7. The van der Waals surface area contributed by atoms with Crippen LogP contribution in [-0.2, 0) is 6.54 Å². The predicted molar refractivity (Wildman–Crippen MR) is 116 cm³/mol. The van der Waals surface area contributed by atoms with E-state index in [2.05, 4.69) is 10.5 Å². The van der Waals surface area contributed by atoms with Gasteiger partial charge >= 0.3 is 0 Å². The van der Waals surface area contributed by atoms with Crippen LogP contribution in [0.2, 0.25) is 5.02 Å². The molecule has 0 radical (unpaired) electrons. The number of hydrazone groups is 1. The number of ether oxygens (including phenoxy) is 2. The number of nitrogens with zero attached hydrogens (tertiary/aromatic N) is 2. The van der Waals surface area contributed by atoms with E-state index >= 15 is 0 Å². The molecule has 0 bridgehead atoms. The fourth-order valence-electron chi connectivity index (χ4n) is 2.77. The Hall–Kier alpha value is -3.58. The Bertz CT molecular complexity index is 1120. The Morgan fingerprint density at radius 1 is 1.13 bits per heavy atom. The lowest BCUT2D eigenvalue weighted by molar-refractivity contribution is 0.0953. The van der Waals surface area contributed by atoms with E-state index in [1.807, 2.05) is 12.1 Å². The van der Waals surface area contributed by atoms with Crippen molar-refractivity contribution in [1.82, 2.24) is 9.99 Å². The van der Waals surface area contributed by atoms with E-state index in [1.165, 1.54) is 24.0 Å². The highest BCUT2D eigenvalue weighted by Gasteiger charge is 2.12. The van der Waals surface area contributed by atoms with Crippen molar-refractivity contribution in [3.8, 4) is 11.5 Å². The first kappa shape index (κ1) is 21.1. The molecule has 1 N–H and O–H groups in total. The monoisotopic (exact) mass is 425 g/mol. The molecule has 0 saturated heterocycles. The number of hydrogen-bond acceptors (Lipinski definition) is 5. The molecule has 3 aromatic rings. The molecule has 0 aliphatic heterocycles. The molecule has 1 heterocycles. The number of pyridine rings is 1. The summed E-state index contributed by atoms with van der Waals surface area (Å²) in [6.07, 6.45) is 3.06. The van der Waals surface area contributed by atoms with Gasteiger partial charge in [0.05, 0.1) is 27.0 Å². The summed E-state index contributed by atoms with van der Waals surface area (Å²) in [5.41, 5.74) is 3.49. The van der Waals surface area contributed by atoms with Crippen molar-refractivity contribution >= 4 is 23.7 Å². The molecule has 0 atom stereocenters. The number of benzene rings is 2. The Morgan fingerprint density at radius 3 is 2.60 bits per heavy atom. The van der Waals surface area contributed by atoms with Crippen LogP contribution < -0.4 is 20.5 Å². The molecule has 30 heavy (non-hydrogen) atoms. The van der Waals surface area contributed by atoms with Gasteiger partial charge in [-0.15, -0.1) is 0 Å². The third kappa shape index (κ3) is 5.07. The van der Waals surface area contributed by atoms with Crippen LogP contribution in [0.15, 0.2) is 70.7 Å². The Labute approximate surface area is 178 Å². The summed E-state index contributed by atoms with van der Waals surface area (Å²) in [5.74, 6) is 0.574. The van der Waals surface area contributed by atoms with Gasteiger partial charge in [-0.1, -0.05) is 23.7 Å². The summed E-state index contributed by atoms with van der Waals surface area (Å²) in [6, 6.07) is 15.5. The molecular formula is C22H20ClN3O4. The summed E-state index contributed by atoms with van der Waals surface area (Å²) in [6.45, 7) is 0.323. The maximum Gasteiger partial charge on any atom is 0.276 e. The number of carbonyl (C=O) groups is 1. The number of hydrogen-bond donors (Lipinski definition) is 1. The molecule has 1 amide bonds. The molecule has 2 aromatic carbocycles. The van der Waals surface area contributed by atoms with Crippen LogP contribution in [0.25, 0.3) is 0 Å². The molecule has 0 aliphatic rings. The van der Waals surface area contributed by atoms with E-state index < -0.39 is 11.5 Å². The van der Waals surface area contributed by atoms with E-state index in [4.69, 9.17) is 21.1 Å². The molecule has 0 aliphatic carbocycles. The third-order valence-electron chi connectivity index (χ3n) is 4.34. The van der Waals surface area contributed by atoms with E-state index in [0.29, 0.717) is 28.6 Å². The van der Waals surface area contributed by atoms with Crippen molar-refractivity contribution in [2.45, 2.75) is 6.54 Å². The largest absolute Gasteiger partial charge is 0.497 e. The van der Waals surface area contributed by atoms with E-state index in [-0.39, 0.29) is 5.56 Å². The first-order valence-corrected chi connectivity index (χ1v) is 9.39. The number of rotatable bonds is 7. The van der Waals surface area contributed by atoms with Crippen LogP contribution in [0, 0.1) is 0 Å². The van der Waals surface area contributed by atoms with Gasteiger partial charge in [0.1, 0.15) is 17.1 Å². The van der Waals surface area contributed by atoms with Crippen LogP contribution in [0.1, 0.15) is 21.5 Å². The molecule has 7 nitrogen and oxygen atoms in total. The molecule has 8 heteroatoms. The fourth-order valence-corrected chi connectivity index (χ4v) is 2.89. The van der Waals surface area contributed by atoms with Gasteiger partial charge in [-0.2, -0.15) is 5.10 Å². The predicted octanol–water partition coefficient (Wildman–Crippen LogP) is 3.33. The standard InChI is InChI=1S/C22H20ClN3O4/c1-29-18-10-7-16(20(12-18)30-2)13-24-25-21(27)19-4-3-11-26(22(19)28)14-15-5-8-17(23)9-6-15/h3-13H,14H2,1-2H3,(H,25,27)/b24-13-. The second-order valence-corrected chi connectivity index (χ2v) is 6.72. The SMILES string of the molecule is COc1ccc(/C=N\NC(=O)c2cccn(Cc3ccc(Cl)cc3)c2=O)c(OC)c1. The highest BCUT2D eigenvalue weighted by Crippen LogP contribution is 2.23. The number of carbonyl (C=O) groups excluding carboxylic acids is 1. The van der Waals surface area contributed by atoms with Crippen molar-refractivity contribution in [2.75, 3.05) is 14.2 Å². The second-order valence-electron chi connectivity index (χ2n) is 6.29. The molecule has 0 fully saturated rings. The first-order chi connectivity index (χ1) is 14.5. The molecule has 3 rings (SSSR count). The zero-order valence-electron chi connectivity index (χ0n) is 16.5. The summed E-state index contributed by atoms with van der Waals surface area (Å²) in [4.78, 5) is 25.1. The van der Waals surface area contributed by atoms with Crippen molar-refractivity contribution in [3.05, 3.63) is 92.9 Å². The second kappa shape index (κ2) is 9.76. The van der Waals surface area contributed by atoms with Gasteiger partial charge in [0.25, 0.3) is 11.5 Å². The van der Waals surface area contributed by atoms with Gasteiger partial charge in [0, 0.05) is 22.8 Å². The van der Waals surface area contributed by atoms with E-state index in [9.17, 15) is 9.59 Å². The average Bonchev–Trinajstić information content (AvgIpc) is 2.76. The minimum Gasteiger partial charge on any atom is -0.497 e. The van der Waals surface area contributed by atoms with Crippen molar-refractivity contribution in [1.29, 1.82) is 0 Å². The van der Waals surface area contributed by atoms with E-state index in [0.717, 1.165) is 5.56 Å². The number of amides is 1. The highest BCUT2D eigenvalue weighted by atomic mass is 35.5. The first-order valence-electron chi connectivity index (χ1n) is 9.01. The van der Waals surface area contributed by atoms with Crippen LogP contribution >= 0.6 is 11.6 Å². The van der Waals surface area contributed by atoms with E-state index in [1.54, 1.807) is 49.7 Å². The summed E-state index contributed by atoms with van der Waals surface area (Å²) in [7, 11) is 3.08. The molecule has 0 unspecified atom stereocenters. The van der Waals surface area contributed by atoms with Crippen LogP contribution in [0.3, 0.4) is 0 Å². The fraction of sp³-hybridized carbons (Fsp3) is 0.136. The molecule has 154 valence electrons. The lowest BCUT2D eigenvalue weighted by Crippen LogP contribution is -2.30. The molecule has 1 aromatic heterocycles. The average molecular weight is 426 g/mol.